The van der Waals surface area contributed by atoms with Gasteiger partial charge in [-0.25, -0.2) is 4.98 Å². The minimum atomic E-state index is -0.217. The molecule has 2 aromatic heterocycles. The number of nitrogens with zero attached hydrogens (tertiary/aromatic N) is 2. The van der Waals surface area contributed by atoms with Crippen LogP contribution in [0.5, 0.6) is 0 Å². The lowest BCUT2D eigenvalue weighted by Gasteiger charge is -2.33. The number of halogens is 1. The zero-order chi connectivity index (χ0) is 25.6. The second-order valence-corrected chi connectivity index (χ2v) is 11.4. The minimum Gasteiger partial charge on any atom is -0.294 e. The average Bonchev–Trinajstić information content (AvgIpc) is 3.33. The van der Waals surface area contributed by atoms with E-state index in [-0.39, 0.29) is 16.8 Å². The topological polar surface area (TPSA) is 52.0 Å². The fourth-order valence-electron chi connectivity index (χ4n) is 5.20. The van der Waals surface area contributed by atoms with Crippen molar-refractivity contribution in [2.24, 2.45) is 5.41 Å². The summed E-state index contributed by atoms with van der Waals surface area (Å²) in [6, 6.07) is 15.5. The maximum atomic E-state index is 14.3. The molecular weight excluding hydrogens is 488 g/mol. The highest BCUT2D eigenvalue weighted by Gasteiger charge is 2.35. The van der Waals surface area contributed by atoms with E-state index in [1.54, 1.807) is 6.07 Å². The third-order valence-electron chi connectivity index (χ3n) is 6.96. The molecule has 2 heterocycles. The first-order chi connectivity index (χ1) is 17.2. The number of Topliss-reactive ketones (excluding diaryl/α,β-unsaturated/α-hetero) is 1. The minimum absolute atomic E-state index is 0.0751. The second kappa shape index (κ2) is 9.45. The zero-order valence-electron chi connectivity index (χ0n) is 21.0. The number of pyridine rings is 1. The van der Waals surface area contributed by atoms with Crippen molar-refractivity contribution in [3.05, 3.63) is 91.7 Å². The molecule has 0 fully saturated rings. The van der Waals surface area contributed by atoms with Gasteiger partial charge in [-0.1, -0.05) is 75.7 Å². The Bertz CT molecular complexity index is 1520. The largest absolute Gasteiger partial charge is 0.294 e. The van der Waals surface area contributed by atoms with Crippen molar-refractivity contribution in [3.8, 4) is 27.5 Å². The number of aromatic nitrogens is 2. The maximum absolute atomic E-state index is 14.3. The van der Waals surface area contributed by atoms with E-state index in [0.717, 1.165) is 46.6 Å². The monoisotopic (exact) mass is 516 g/mol. The smallest absolute Gasteiger partial charge is 0.265 e. The van der Waals surface area contributed by atoms with Gasteiger partial charge < -0.3 is 0 Å². The molecule has 0 atom stereocenters. The van der Waals surface area contributed by atoms with E-state index >= 15 is 0 Å². The van der Waals surface area contributed by atoms with Gasteiger partial charge in [-0.15, -0.1) is 11.3 Å². The molecule has 0 unspecified atom stereocenters. The summed E-state index contributed by atoms with van der Waals surface area (Å²) in [5, 5.41) is 3.12. The summed E-state index contributed by atoms with van der Waals surface area (Å²) in [5.41, 5.74) is 6.21. The fraction of sp³-hybridized carbons (Fsp3) is 0.300. The van der Waals surface area contributed by atoms with Crippen molar-refractivity contribution >= 4 is 28.7 Å². The second-order valence-electron chi connectivity index (χ2n) is 10.1. The molecule has 36 heavy (non-hydrogen) atoms. The standard InChI is InChI=1S/C30H29ClN2O2S/c1-5-18-10-9-11-19(6-2)27(18)33-25-15-30(3,4)16-26(34)21(25)14-22(29(33)35)28-32-24(17-36-28)20-12-7-8-13-23(20)31/h7-14,17H,5-6,15-16H2,1-4H3. The van der Waals surface area contributed by atoms with E-state index in [0.29, 0.717) is 34.0 Å². The predicted octanol–water partition coefficient (Wildman–Crippen LogP) is 7.56. The number of para-hydroxylation sites is 1. The normalized spacial score (nSPS) is 14.6. The molecule has 1 aliphatic rings. The van der Waals surface area contributed by atoms with Crippen molar-refractivity contribution in [2.75, 3.05) is 0 Å². The van der Waals surface area contributed by atoms with Gasteiger partial charge in [0.25, 0.3) is 5.56 Å². The van der Waals surface area contributed by atoms with Crippen LogP contribution in [0.4, 0.5) is 0 Å². The van der Waals surface area contributed by atoms with Crippen molar-refractivity contribution in [2.45, 2.75) is 53.4 Å². The number of thiazole rings is 1. The quantitative estimate of drug-likeness (QED) is 0.275. The Morgan fingerprint density at radius 1 is 0.944 bits per heavy atom. The molecule has 2 aromatic carbocycles. The van der Waals surface area contributed by atoms with Crippen molar-refractivity contribution in [1.29, 1.82) is 0 Å². The van der Waals surface area contributed by atoms with Crippen LogP contribution in [0.1, 0.15) is 61.3 Å². The van der Waals surface area contributed by atoms with Crippen molar-refractivity contribution < 1.29 is 4.79 Å². The number of rotatable bonds is 5. The van der Waals surface area contributed by atoms with Gasteiger partial charge >= 0.3 is 0 Å². The SMILES string of the molecule is CCc1cccc(CC)c1-n1c2c(cc(-c3nc(-c4ccccc4Cl)cs3)c1=O)C(=O)CC(C)(C)C2. The summed E-state index contributed by atoms with van der Waals surface area (Å²) in [6.07, 6.45) is 2.70. The number of carbonyl (C=O) groups is 1. The molecule has 0 spiro atoms. The van der Waals surface area contributed by atoms with E-state index in [1.165, 1.54) is 11.3 Å². The third-order valence-corrected chi connectivity index (χ3v) is 8.17. The van der Waals surface area contributed by atoms with Crippen LogP contribution in [0.15, 0.2) is 58.7 Å². The maximum Gasteiger partial charge on any atom is 0.265 e. The van der Waals surface area contributed by atoms with Crippen LogP contribution >= 0.6 is 22.9 Å². The fourth-order valence-corrected chi connectivity index (χ4v) is 6.26. The molecule has 0 aliphatic heterocycles. The molecule has 1 aliphatic carbocycles. The van der Waals surface area contributed by atoms with Gasteiger partial charge in [0.15, 0.2) is 5.78 Å². The molecule has 5 rings (SSSR count). The van der Waals surface area contributed by atoms with E-state index < -0.39 is 0 Å². The summed E-state index contributed by atoms with van der Waals surface area (Å²) in [5.74, 6) is 0.0751. The Labute approximate surface area is 220 Å². The van der Waals surface area contributed by atoms with E-state index in [1.807, 2.05) is 40.3 Å². The van der Waals surface area contributed by atoms with Crippen LogP contribution in [-0.2, 0) is 19.3 Å². The molecule has 0 saturated heterocycles. The highest BCUT2D eigenvalue weighted by molar-refractivity contribution is 7.13. The summed E-state index contributed by atoms with van der Waals surface area (Å²) in [4.78, 5) is 32.5. The Hall–Kier alpha value is -3.02. The molecule has 0 amide bonds. The summed E-state index contributed by atoms with van der Waals surface area (Å²) < 4.78 is 1.83. The Balaban J connectivity index is 1.81. The van der Waals surface area contributed by atoms with Crippen LogP contribution in [0.3, 0.4) is 0 Å². The summed E-state index contributed by atoms with van der Waals surface area (Å²) >= 11 is 7.81. The van der Waals surface area contributed by atoms with Crippen molar-refractivity contribution in [3.63, 3.8) is 0 Å². The molecular formula is C30H29ClN2O2S. The number of fused-ring (bicyclic) bond motifs is 1. The van der Waals surface area contributed by atoms with Gasteiger partial charge in [0.05, 0.1) is 16.9 Å². The Kier molecular flexibility index (Phi) is 6.48. The molecule has 0 saturated carbocycles. The molecule has 4 nitrogen and oxygen atoms in total. The summed E-state index contributed by atoms with van der Waals surface area (Å²) in [7, 11) is 0. The Morgan fingerprint density at radius 3 is 2.31 bits per heavy atom. The first-order valence-electron chi connectivity index (χ1n) is 12.4. The molecule has 6 heteroatoms. The highest BCUT2D eigenvalue weighted by atomic mass is 35.5. The van der Waals surface area contributed by atoms with Crippen LogP contribution in [0.25, 0.3) is 27.5 Å². The molecule has 4 aromatic rings. The van der Waals surface area contributed by atoms with Crippen LogP contribution in [0.2, 0.25) is 5.02 Å². The lowest BCUT2D eigenvalue weighted by molar-refractivity contribution is 0.0909. The van der Waals surface area contributed by atoms with Crippen LogP contribution in [0, 0.1) is 5.41 Å². The third kappa shape index (κ3) is 4.25. The van der Waals surface area contributed by atoms with Gasteiger partial charge in [-0.3, -0.25) is 14.2 Å². The first kappa shape index (κ1) is 24.7. The van der Waals surface area contributed by atoms with Gasteiger partial charge in [-0.05, 0) is 47.9 Å². The number of carbonyl (C=O) groups excluding carboxylic acids is 1. The van der Waals surface area contributed by atoms with Gasteiger partial charge in [0, 0.05) is 33.6 Å². The number of aryl methyl sites for hydroxylation is 2. The van der Waals surface area contributed by atoms with Crippen LogP contribution in [-0.4, -0.2) is 15.3 Å². The van der Waals surface area contributed by atoms with Crippen molar-refractivity contribution in [1.82, 2.24) is 9.55 Å². The Morgan fingerprint density at radius 2 is 1.64 bits per heavy atom. The first-order valence-corrected chi connectivity index (χ1v) is 13.6. The lowest BCUT2D eigenvalue weighted by Crippen LogP contribution is -2.35. The molecule has 0 radical (unpaired) electrons. The number of hydrogen-bond acceptors (Lipinski definition) is 4. The number of benzene rings is 2. The van der Waals surface area contributed by atoms with E-state index in [2.05, 4.69) is 39.8 Å². The number of hydrogen-bond donors (Lipinski definition) is 0. The summed E-state index contributed by atoms with van der Waals surface area (Å²) in [6.45, 7) is 8.40. The molecule has 184 valence electrons. The van der Waals surface area contributed by atoms with Gasteiger partial charge in [0.1, 0.15) is 5.01 Å². The molecule has 0 bridgehead atoms. The predicted molar refractivity (Wildman–Crippen MR) is 149 cm³/mol. The zero-order valence-corrected chi connectivity index (χ0v) is 22.6. The van der Waals surface area contributed by atoms with E-state index in [9.17, 15) is 9.59 Å². The lowest BCUT2D eigenvalue weighted by atomic mass is 9.75. The molecule has 0 N–H and O–H groups in total. The van der Waals surface area contributed by atoms with Crippen LogP contribution < -0.4 is 5.56 Å². The van der Waals surface area contributed by atoms with E-state index in [4.69, 9.17) is 16.6 Å². The highest BCUT2D eigenvalue weighted by Crippen LogP contribution is 2.38. The van der Waals surface area contributed by atoms with Gasteiger partial charge in [0.2, 0.25) is 0 Å². The van der Waals surface area contributed by atoms with Gasteiger partial charge in [-0.2, -0.15) is 0 Å². The average molecular weight is 517 g/mol. The number of ketones is 1.